The van der Waals surface area contributed by atoms with E-state index >= 15 is 0 Å². The van der Waals surface area contributed by atoms with Crippen molar-refractivity contribution in [3.63, 3.8) is 0 Å². The zero-order valence-corrected chi connectivity index (χ0v) is 21.7. The lowest BCUT2D eigenvalue weighted by atomic mass is 10.0. The second-order valence-electron chi connectivity index (χ2n) is 10.2. The van der Waals surface area contributed by atoms with Gasteiger partial charge in [-0.15, -0.1) is 0 Å². The molecule has 2 aromatic heterocycles. The first-order valence-electron chi connectivity index (χ1n) is 13.4. The van der Waals surface area contributed by atoms with Crippen molar-refractivity contribution in [1.82, 2.24) is 14.8 Å². The predicted molar refractivity (Wildman–Crippen MR) is 149 cm³/mol. The number of pyridine rings is 1. The fourth-order valence-electron chi connectivity index (χ4n) is 5.48. The first-order chi connectivity index (χ1) is 18.6. The summed E-state index contributed by atoms with van der Waals surface area (Å²) in [6.45, 7) is 5.29. The normalized spacial score (nSPS) is 16.5. The van der Waals surface area contributed by atoms with Crippen molar-refractivity contribution >= 4 is 22.7 Å². The Morgan fingerprint density at radius 1 is 0.895 bits per heavy atom. The Bertz CT molecular complexity index is 1500. The van der Waals surface area contributed by atoms with Gasteiger partial charge in [-0.3, -0.25) is 9.78 Å². The molecule has 2 aliphatic rings. The monoisotopic (exact) mass is 505 g/mol. The lowest BCUT2D eigenvalue weighted by Crippen LogP contribution is -2.47. The number of nitriles is 1. The van der Waals surface area contributed by atoms with Crippen molar-refractivity contribution in [2.45, 2.75) is 19.3 Å². The molecule has 4 heterocycles. The van der Waals surface area contributed by atoms with E-state index in [1.54, 1.807) is 6.20 Å². The quantitative estimate of drug-likeness (QED) is 0.369. The number of likely N-dealkylation sites (N-methyl/N-ethyl adjacent to an activating group) is 1. The molecule has 0 saturated carbocycles. The number of anilines is 1. The number of piperidine rings is 1. The number of hydrogen-bond donors (Lipinski definition) is 0. The van der Waals surface area contributed by atoms with Crippen LogP contribution in [0, 0.1) is 11.3 Å². The molecule has 0 unspecified atom stereocenters. The van der Waals surface area contributed by atoms with E-state index in [0.29, 0.717) is 22.5 Å². The second kappa shape index (κ2) is 10.3. The first kappa shape index (κ1) is 24.2. The molecular weight excluding hydrogens is 474 g/mol. The van der Waals surface area contributed by atoms with E-state index in [4.69, 9.17) is 4.42 Å². The van der Waals surface area contributed by atoms with Gasteiger partial charge in [0.1, 0.15) is 17.3 Å². The molecule has 192 valence electrons. The molecule has 0 aliphatic carbocycles. The van der Waals surface area contributed by atoms with E-state index in [0.717, 1.165) is 80.0 Å². The van der Waals surface area contributed by atoms with E-state index in [1.807, 2.05) is 47.4 Å². The van der Waals surface area contributed by atoms with Gasteiger partial charge in [0.15, 0.2) is 5.58 Å². The maximum atomic E-state index is 12.9. The number of hydrogen-bond acceptors (Lipinski definition) is 6. The third-order valence-corrected chi connectivity index (χ3v) is 7.74. The van der Waals surface area contributed by atoms with E-state index < -0.39 is 0 Å². The maximum absolute atomic E-state index is 12.9. The van der Waals surface area contributed by atoms with Crippen molar-refractivity contribution in [3.8, 4) is 28.5 Å². The summed E-state index contributed by atoms with van der Waals surface area (Å²) >= 11 is 0. The van der Waals surface area contributed by atoms with Crippen LogP contribution in [0.25, 0.3) is 33.6 Å². The van der Waals surface area contributed by atoms with Crippen molar-refractivity contribution in [2.24, 2.45) is 0 Å². The van der Waals surface area contributed by atoms with Crippen LogP contribution in [-0.4, -0.2) is 67.0 Å². The molecule has 2 saturated heterocycles. The number of fused-ring (bicyclic) bond motifs is 1. The van der Waals surface area contributed by atoms with Crippen molar-refractivity contribution < 1.29 is 9.21 Å². The summed E-state index contributed by atoms with van der Waals surface area (Å²) in [6.07, 6.45) is 5.36. The summed E-state index contributed by atoms with van der Waals surface area (Å²) in [6, 6.07) is 20.0. The van der Waals surface area contributed by atoms with Gasteiger partial charge in [0.25, 0.3) is 5.91 Å². The summed E-state index contributed by atoms with van der Waals surface area (Å²) in [5.74, 6) is 0.767. The van der Waals surface area contributed by atoms with Crippen molar-refractivity contribution in [1.29, 1.82) is 5.26 Å². The van der Waals surface area contributed by atoms with Crippen LogP contribution >= 0.6 is 0 Å². The molecule has 7 heteroatoms. The van der Waals surface area contributed by atoms with Gasteiger partial charge in [0.2, 0.25) is 0 Å². The standard InChI is InChI=1S/C31H31N5O2/c1-34-15-17-36(18-16-34)31(37)23-7-5-22(6-8-23)29-20-27-30(38-29)26(11-12-33-27)24-9-10-28(25(19-24)21-32)35-13-3-2-4-14-35/h5-12,19-20H,2-4,13-18H2,1H3. The third-order valence-electron chi connectivity index (χ3n) is 7.74. The number of rotatable bonds is 4. The molecular formula is C31H31N5O2. The van der Waals surface area contributed by atoms with Gasteiger partial charge in [0, 0.05) is 68.2 Å². The van der Waals surface area contributed by atoms with Crippen LogP contribution in [0.4, 0.5) is 5.69 Å². The van der Waals surface area contributed by atoms with Crippen LogP contribution < -0.4 is 4.90 Å². The summed E-state index contributed by atoms with van der Waals surface area (Å²) < 4.78 is 6.33. The number of piperazine rings is 1. The van der Waals surface area contributed by atoms with Gasteiger partial charge in [-0.05, 0) is 62.2 Å². The average molecular weight is 506 g/mol. The highest BCUT2D eigenvalue weighted by Gasteiger charge is 2.21. The molecule has 0 spiro atoms. The number of amides is 1. The van der Waals surface area contributed by atoms with Crippen molar-refractivity contribution in [2.75, 3.05) is 51.2 Å². The van der Waals surface area contributed by atoms with E-state index in [2.05, 4.69) is 40.0 Å². The number of benzene rings is 2. The number of aromatic nitrogens is 1. The summed E-state index contributed by atoms with van der Waals surface area (Å²) in [4.78, 5) is 23.9. The minimum absolute atomic E-state index is 0.0690. The fourth-order valence-corrected chi connectivity index (χ4v) is 5.48. The topological polar surface area (TPSA) is 76.6 Å². The molecule has 0 radical (unpaired) electrons. The first-order valence-corrected chi connectivity index (χ1v) is 13.4. The van der Waals surface area contributed by atoms with Gasteiger partial charge in [-0.25, -0.2) is 0 Å². The molecule has 6 rings (SSSR count). The van der Waals surface area contributed by atoms with Crippen molar-refractivity contribution in [3.05, 3.63) is 71.9 Å². The SMILES string of the molecule is CN1CCN(C(=O)c2ccc(-c3cc4nccc(-c5ccc(N6CCCCC6)c(C#N)c5)c4o3)cc2)CC1. The number of furan rings is 1. The van der Waals surface area contributed by atoms with Gasteiger partial charge in [-0.1, -0.05) is 18.2 Å². The molecule has 2 aliphatic heterocycles. The zero-order valence-electron chi connectivity index (χ0n) is 21.7. The van der Waals surface area contributed by atoms with Gasteiger partial charge >= 0.3 is 0 Å². The van der Waals surface area contributed by atoms with Gasteiger partial charge < -0.3 is 19.1 Å². The van der Waals surface area contributed by atoms with Crippen LogP contribution in [0.3, 0.4) is 0 Å². The zero-order chi connectivity index (χ0) is 26.1. The van der Waals surface area contributed by atoms with E-state index in [-0.39, 0.29) is 5.91 Å². The minimum Gasteiger partial charge on any atom is -0.454 e. The molecule has 4 aromatic rings. The van der Waals surface area contributed by atoms with Gasteiger partial charge in [0.05, 0.1) is 11.3 Å². The smallest absolute Gasteiger partial charge is 0.253 e. The van der Waals surface area contributed by atoms with E-state index in [9.17, 15) is 10.1 Å². The maximum Gasteiger partial charge on any atom is 0.253 e. The molecule has 2 fully saturated rings. The predicted octanol–water partition coefficient (Wildman–Crippen LogP) is 5.41. The van der Waals surface area contributed by atoms with E-state index in [1.165, 1.54) is 6.42 Å². The Morgan fingerprint density at radius 2 is 1.63 bits per heavy atom. The molecule has 0 atom stereocenters. The third kappa shape index (κ3) is 4.64. The molecule has 0 bridgehead atoms. The highest BCUT2D eigenvalue weighted by molar-refractivity contribution is 5.95. The molecule has 2 aromatic carbocycles. The summed E-state index contributed by atoms with van der Waals surface area (Å²) in [7, 11) is 2.08. The largest absolute Gasteiger partial charge is 0.454 e. The number of carbonyl (C=O) groups excluding carboxylic acids is 1. The Morgan fingerprint density at radius 3 is 2.37 bits per heavy atom. The average Bonchev–Trinajstić information content (AvgIpc) is 3.42. The minimum atomic E-state index is 0.0690. The lowest BCUT2D eigenvalue weighted by molar-refractivity contribution is 0.0664. The summed E-state index contributed by atoms with van der Waals surface area (Å²) in [5, 5.41) is 9.90. The Kier molecular flexibility index (Phi) is 6.57. The number of carbonyl (C=O) groups is 1. The Labute approximate surface area is 222 Å². The number of nitrogens with zero attached hydrogens (tertiary/aromatic N) is 5. The van der Waals surface area contributed by atoms with Crippen LogP contribution in [0.5, 0.6) is 0 Å². The Balaban J connectivity index is 1.28. The highest BCUT2D eigenvalue weighted by Crippen LogP contribution is 2.36. The van der Waals surface area contributed by atoms with Crippen LogP contribution in [0.2, 0.25) is 0 Å². The molecule has 0 N–H and O–H groups in total. The molecule has 7 nitrogen and oxygen atoms in total. The molecule has 1 amide bonds. The van der Waals surface area contributed by atoms with Gasteiger partial charge in [-0.2, -0.15) is 5.26 Å². The second-order valence-corrected chi connectivity index (χ2v) is 10.2. The summed E-state index contributed by atoms with van der Waals surface area (Å²) in [5.41, 5.74) is 6.55. The Hall–Kier alpha value is -4.15. The molecule has 38 heavy (non-hydrogen) atoms. The van der Waals surface area contributed by atoms with Crippen LogP contribution in [0.1, 0.15) is 35.2 Å². The van der Waals surface area contributed by atoms with Crippen LogP contribution in [0.15, 0.2) is 65.2 Å². The highest BCUT2D eigenvalue weighted by atomic mass is 16.3. The van der Waals surface area contributed by atoms with Crippen LogP contribution in [-0.2, 0) is 0 Å². The fraction of sp³-hybridized carbons (Fsp3) is 0.323. The lowest BCUT2D eigenvalue weighted by Gasteiger charge is -2.32.